The van der Waals surface area contributed by atoms with Crippen LogP contribution in [0.25, 0.3) is 0 Å². The smallest absolute Gasteiger partial charge is 0.242 e. The number of carbonyl (C=O) groups is 2. The normalized spacial score (nSPS) is 12.2. The first-order chi connectivity index (χ1) is 13.6. The first-order valence-electron chi connectivity index (χ1n) is 9.58. The minimum Gasteiger partial charge on any atom is -0.497 e. The largest absolute Gasteiger partial charge is 0.497 e. The van der Waals surface area contributed by atoms with Gasteiger partial charge in [-0.05, 0) is 63.1 Å². The Hall–Kier alpha value is -2.89. The van der Waals surface area contributed by atoms with E-state index in [1.807, 2.05) is 32.9 Å². The predicted molar refractivity (Wildman–Crippen MR) is 111 cm³/mol. The molecule has 1 N–H and O–H groups in total. The average molecular weight is 400 g/mol. The molecule has 0 radical (unpaired) electrons. The summed E-state index contributed by atoms with van der Waals surface area (Å²) in [5.74, 6) is -0.0515. The van der Waals surface area contributed by atoms with Crippen molar-refractivity contribution >= 4 is 11.8 Å². The lowest BCUT2D eigenvalue weighted by molar-refractivity contribution is -0.140. The third-order valence-corrected chi connectivity index (χ3v) is 4.45. The molecule has 0 unspecified atom stereocenters. The maximum atomic E-state index is 13.2. The molecular weight excluding hydrogens is 371 g/mol. The van der Waals surface area contributed by atoms with E-state index in [2.05, 4.69) is 5.32 Å². The summed E-state index contributed by atoms with van der Waals surface area (Å²) in [5, 5.41) is 2.92. The van der Waals surface area contributed by atoms with Gasteiger partial charge in [0.2, 0.25) is 11.8 Å². The van der Waals surface area contributed by atoms with Crippen molar-refractivity contribution in [2.45, 2.75) is 52.2 Å². The number of halogens is 1. The van der Waals surface area contributed by atoms with Crippen LogP contribution in [0.1, 0.15) is 38.8 Å². The number of rotatable bonds is 7. The zero-order valence-electron chi connectivity index (χ0n) is 17.7. The van der Waals surface area contributed by atoms with Gasteiger partial charge in [-0.3, -0.25) is 9.59 Å². The molecule has 2 aromatic rings. The van der Waals surface area contributed by atoms with Crippen LogP contribution in [-0.2, 0) is 22.6 Å². The minimum absolute atomic E-state index is 0.151. The number of nitrogens with one attached hydrogen (secondary N) is 1. The number of hydrogen-bond acceptors (Lipinski definition) is 3. The van der Waals surface area contributed by atoms with Crippen molar-refractivity contribution in [1.82, 2.24) is 10.2 Å². The highest BCUT2D eigenvalue weighted by Gasteiger charge is 2.28. The molecule has 2 aromatic carbocycles. The van der Waals surface area contributed by atoms with Crippen LogP contribution >= 0.6 is 0 Å². The van der Waals surface area contributed by atoms with Crippen LogP contribution in [0.4, 0.5) is 4.39 Å². The van der Waals surface area contributed by atoms with Crippen molar-refractivity contribution in [3.05, 3.63) is 65.5 Å². The fourth-order valence-electron chi connectivity index (χ4n) is 2.86. The summed E-state index contributed by atoms with van der Waals surface area (Å²) in [5.41, 5.74) is 1.17. The first kappa shape index (κ1) is 22.4. The van der Waals surface area contributed by atoms with Gasteiger partial charge in [0.05, 0.1) is 13.5 Å². The van der Waals surface area contributed by atoms with E-state index < -0.39 is 11.6 Å². The Morgan fingerprint density at radius 2 is 1.59 bits per heavy atom. The summed E-state index contributed by atoms with van der Waals surface area (Å²) in [7, 11) is 1.58. The number of nitrogens with zero attached hydrogens (tertiary/aromatic N) is 1. The van der Waals surface area contributed by atoms with E-state index in [1.54, 1.807) is 38.3 Å². The Balaban J connectivity index is 2.22. The van der Waals surface area contributed by atoms with Crippen LogP contribution in [0.5, 0.6) is 5.75 Å². The lowest BCUT2D eigenvalue weighted by Gasteiger charge is -2.31. The number of ether oxygens (including phenoxy) is 1. The number of carbonyl (C=O) groups excluding carboxylic acids is 2. The topological polar surface area (TPSA) is 58.6 Å². The zero-order valence-corrected chi connectivity index (χ0v) is 17.7. The second-order valence-electron chi connectivity index (χ2n) is 8.09. The van der Waals surface area contributed by atoms with Gasteiger partial charge in [0.25, 0.3) is 0 Å². The van der Waals surface area contributed by atoms with Gasteiger partial charge >= 0.3 is 0 Å². The number of hydrogen-bond donors (Lipinski definition) is 1. The van der Waals surface area contributed by atoms with Crippen molar-refractivity contribution in [3.8, 4) is 5.75 Å². The van der Waals surface area contributed by atoms with Crippen molar-refractivity contribution in [2.75, 3.05) is 7.11 Å². The van der Waals surface area contributed by atoms with Gasteiger partial charge in [0.1, 0.15) is 17.6 Å². The summed E-state index contributed by atoms with van der Waals surface area (Å²) >= 11 is 0. The van der Waals surface area contributed by atoms with Gasteiger partial charge in [-0.25, -0.2) is 4.39 Å². The lowest BCUT2D eigenvalue weighted by Crippen LogP contribution is -2.52. The molecule has 0 fully saturated rings. The second kappa shape index (κ2) is 9.54. The number of benzene rings is 2. The molecular formula is C23H29FN2O3. The SMILES string of the molecule is COc1ccc(CC(=O)N(Cc2ccc(F)cc2)[C@@H](C)C(=O)NC(C)(C)C)cc1. The Morgan fingerprint density at radius 3 is 2.10 bits per heavy atom. The maximum Gasteiger partial charge on any atom is 0.242 e. The predicted octanol–water partition coefficient (Wildman–Crippen LogP) is 3.71. The summed E-state index contributed by atoms with van der Waals surface area (Å²) in [6, 6.07) is 12.5. The Kier molecular flexibility index (Phi) is 7.37. The third kappa shape index (κ3) is 6.89. The molecule has 1 atom stereocenters. The van der Waals surface area contributed by atoms with E-state index in [1.165, 1.54) is 17.0 Å². The lowest BCUT2D eigenvalue weighted by atomic mass is 10.1. The van der Waals surface area contributed by atoms with E-state index in [4.69, 9.17) is 4.74 Å². The van der Waals surface area contributed by atoms with E-state index in [0.29, 0.717) is 5.75 Å². The molecule has 156 valence electrons. The highest BCUT2D eigenvalue weighted by atomic mass is 19.1. The van der Waals surface area contributed by atoms with Gasteiger partial charge in [-0.2, -0.15) is 0 Å². The molecule has 0 aliphatic carbocycles. The molecule has 0 saturated heterocycles. The van der Waals surface area contributed by atoms with Crippen LogP contribution in [0, 0.1) is 5.82 Å². The summed E-state index contributed by atoms with van der Waals surface area (Å²) in [6.07, 6.45) is 0.151. The first-order valence-corrected chi connectivity index (χ1v) is 9.58. The fourth-order valence-corrected chi connectivity index (χ4v) is 2.86. The second-order valence-corrected chi connectivity index (χ2v) is 8.09. The Bertz CT molecular complexity index is 827. The molecule has 0 aliphatic heterocycles. The van der Waals surface area contributed by atoms with E-state index in [0.717, 1.165) is 11.1 Å². The van der Waals surface area contributed by atoms with Gasteiger partial charge in [0, 0.05) is 12.1 Å². The van der Waals surface area contributed by atoms with Crippen LogP contribution in [0.3, 0.4) is 0 Å². The monoisotopic (exact) mass is 400 g/mol. The summed E-state index contributed by atoms with van der Waals surface area (Å²) in [4.78, 5) is 27.3. The quantitative estimate of drug-likeness (QED) is 0.771. The number of methoxy groups -OCH3 is 1. The van der Waals surface area contributed by atoms with Crippen molar-refractivity contribution < 1.29 is 18.7 Å². The van der Waals surface area contributed by atoms with Gasteiger partial charge in [0.15, 0.2) is 0 Å². The third-order valence-electron chi connectivity index (χ3n) is 4.45. The van der Waals surface area contributed by atoms with Crippen molar-refractivity contribution in [1.29, 1.82) is 0 Å². The maximum absolute atomic E-state index is 13.2. The highest BCUT2D eigenvalue weighted by molar-refractivity contribution is 5.88. The highest BCUT2D eigenvalue weighted by Crippen LogP contribution is 2.16. The van der Waals surface area contributed by atoms with Crippen LogP contribution in [-0.4, -0.2) is 35.4 Å². The molecule has 2 amide bonds. The molecule has 0 saturated carbocycles. The van der Waals surface area contributed by atoms with Gasteiger partial charge < -0.3 is 15.0 Å². The molecule has 0 heterocycles. The standard InChI is InChI=1S/C23H29FN2O3/c1-16(22(28)25-23(2,3)4)26(15-18-6-10-19(24)11-7-18)21(27)14-17-8-12-20(29-5)13-9-17/h6-13,16H,14-15H2,1-5H3,(H,25,28)/t16-/m0/s1. The van der Waals surface area contributed by atoms with Crippen LogP contribution in [0.15, 0.2) is 48.5 Å². The molecule has 29 heavy (non-hydrogen) atoms. The van der Waals surface area contributed by atoms with Crippen LogP contribution in [0.2, 0.25) is 0 Å². The van der Waals surface area contributed by atoms with E-state index in [9.17, 15) is 14.0 Å². The molecule has 0 bridgehead atoms. The van der Waals surface area contributed by atoms with Crippen LogP contribution < -0.4 is 10.1 Å². The van der Waals surface area contributed by atoms with Crippen molar-refractivity contribution in [3.63, 3.8) is 0 Å². The molecule has 2 rings (SSSR count). The van der Waals surface area contributed by atoms with Gasteiger partial charge in [-0.15, -0.1) is 0 Å². The minimum atomic E-state index is -0.676. The van der Waals surface area contributed by atoms with E-state index >= 15 is 0 Å². The van der Waals surface area contributed by atoms with Crippen molar-refractivity contribution in [2.24, 2.45) is 0 Å². The zero-order chi connectivity index (χ0) is 21.6. The average Bonchev–Trinajstić information content (AvgIpc) is 2.66. The Morgan fingerprint density at radius 1 is 1.03 bits per heavy atom. The fraction of sp³-hybridized carbons (Fsp3) is 0.391. The summed E-state index contributed by atoms with van der Waals surface area (Å²) in [6.45, 7) is 7.59. The number of amides is 2. The molecule has 6 heteroatoms. The van der Waals surface area contributed by atoms with Gasteiger partial charge in [-0.1, -0.05) is 24.3 Å². The molecule has 0 aromatic heterocycles. The van der Waals surface area contributed by atoms with E-state index in [-0.39, 0.29) is 30.6 Å². The molecule has 0 aliphatic rings. The molecule has 0 spiro atoms. The summed E-state index contributed by atoms with van der Waals surface area (Å²) < 4.78 is 18.4. The molecule has 5 nitrogen and oxygen atoms in total. The Labute approximate surface area is 171 Å².